The van der Waals surface area contributed by atoms with Gasteiger partial charge < -0.3 is 0 Å². The number of nitrogens with zero attached hydrogens (tertiary/aromatic N) is 8. The maximum atomic E-state index is 13.8. The Balaban J connectivity index is 1.30. The smallest absolute Gasteiger partial charge is 0.297 e. The first-order valence-corrected chi connectivity index (χ1v) is 16.6. The third-order valence-electron chi connectivity index (χ3n) is 8.90. The number of fused-ring (bicyclic) bond motifs is 2. The van der Waals surface area contributed by atoms with E-state index in [0.29, 0.717) is 0 Å². The number of anilines is 4. The highest BCUT2D eigenvalue weighted by atomic mass is 19.4. The molecule has 0 saturated heterocycles. The van der Waals surface area contributed by atoms with Gasteiger partial charge in [0.15, 0.2) is 23.3 Å². The van der Waals surface area contributed by atoms with Gasteiger partial charge in [-0.3, -0.25) is 19.6 Å². The van der Waals surface area contributed by atoms with Crippen molar-refractivity contribution in [2.24, 2.45) is 20.0 Å². The van der Waals surface area contributed by atoms with Crippen molar-refractivity contribution in [2.45, 2.75) is 24.7 Å². The van der Waals surface area contributed by atoms with Gasteiger partial charge in [0.05, 0.1) is 22.3 Å². The summed E-state index contributed by atoms with van der Waals surface area (Å²) in [5.41, 5.74) is -4.37. The quantitative estimate of drug-likeness (QED) is 0.193. The van der Waals surface area contributed by atoms with Crippen LogP contribution in [0.4, 0.5) is 75.4 Å². The molecule has 0 fully saturated rings. The van der Waals surface area contributed by atoms with E-state index >= 15 is 0 Å². The van der Waals surface area contributed by atoms with Crippen LogP contribution < -0.4 is 19.6 Å². The van der Waals surface area contributed by atoms with Crippen LogP contribution in [-0.2, 0) is 24.7 Å². The zero-order valence-electron chi connectivity index (χ0n) is 28.7. The highest BCUT2D eigenvalue weighted by Crippen LogP contribution is 2.39. The molecule has 20 heteroatoms. The van der Waals surface area contributed by atoms with Crippen LogP contribution in [0, 0.1) is 0 Å². The molecular weight excluding hydrogens is 796 g/mol. The van der Waals surface area contributed by atoms with Crippen molar-refractivity contribution < 1.29 is 52.7 Å². The number of hydrogen-bond acceptors (Lipinski definition) is 8. The van der Waals surface area contributed by atoms with Crippen molar-refractivity contribution in [3.05, 3.63) is 156 Å². The van der Waals surface area contributed by atoms with Crippen molar-refractivity contribution in [1.82, 2.24) is 0 Å². The molecule has 0 unspecified atom stereocenters. The number of alkyl halides is 12. The summed E-state index contributed by atoms with van der Waals surface area (Å²) in [6.45, 7) is 0. The molecule has 4 aromatic rings. The van der Waals surface area contributed by atoms with Crippen molar-refractivity contribution in [2.75, 3.05) is 19.6 Å². The molecule has 58 heavy (non-hydrogen) atoms. The van der Waals surface area contributed by atoms with Crippen LogP contribution in [0.3, 0.4) is 0 Å². The Hall–Kier alpha value is -6.86. The number of aliphatic imine (C=N–C) groups is 4. The average Bonchev–Trinajstić information content (AvgIpc) is 3.82. The molecule has 0 amide bonds. The van der Waals surface area contributed by atoms with Crippen LogP contribution >= 0.6 is 0 Å². The van der Waals surface area contributed by atoms with Gasteiger partial charge in [0.25, 0.3) is 0 Å². The molecule has 4 aliphatic heterocycles. The molecular formula is C38H20F12N8. The molecule has 0 saturated carbocycles. The van der Waals surface area contributed by atoms with Gasteiger partial charge in [0, 0.05) is 47.5 Å². The van der Waals surface area contributed by atoms with E-state index in [0.717, 1.165) is 72.8 Å². The summed E-state index contributed by atoms with van der Waals surface area (Å²) in [6.07, 6.45) is -14.0. The number of benzene rings is 4. The van der Waals surface area contributed by atoms with E-state index in [1.165, 1.54) is 68.7 Å². The fraction of sp³-hybridized carbons (Fsp3) is 0.105. The summed E-state index contributed by atoms with van der Waals surface area (Å²) in [5.74, 6) is -1.41. The van der Waals surface area contributed by atoms with Gasteiger partial charge in [-0.05, 0) is 72.8 Å². The van der Waals surface area contributed by atoms with Gasteiger partial charge in [-0.1, -0.05) is 24.3 Å². The molecule has 4 aliphatic rings. The number of rotatable bonds is 4. The third kappa shape index (κ3) is 7.05. The van der Waals surface area contributed by atoms with Crippen LogP contribution in [0.25, 0.3) is 0 Å². The van der Waals surface area contributed by atoms with E-state index in [9.17, 15) is 52.7 Å². The molecule has 8 rings (SSSR count). The number of hydrogen-bond donors (Lipinski definition) is 0. The second-order valence-corrected chi connectivity index (χ2v) is 12.7. The Kier molecular flexibility index (Phi) is 8.77. The SMILES string of the molecule is FC(F)(F)c1cccc(N2C=CN(c3cccc(C(F)(F)F)c3)C3=NC(=C4N=C5C(=N4)N(c4cccc(C(F)(F)F)c4)C=CN5c4cccc(C(F)(F)F)c4)N=C32)c1. The normalized spacial score (nSPS) is 17.0. The highest BCUT2D eigenvalue weighted by Gasteiger charge is 2.40. The van der Waals surface area contributed by atoms with Crippen LogP contribution in [0.5, 0.6) is 0 Å². The molecule has 296 valence electrons. The van der Waals surface area contributed by atoms with Crippen molar-refractivity contribution >= 4 is 46.1 Å². The van der Waals surface area contributed by atoms with E-state index < -0.39 is 47.0 Å². The fourth-order valence-corrected chi connectivity index (χ4v) is 6.21. The first kappa shape index (κ1) is 38.0. The van der Waals surface area contributed by atoms with Crippen molar-refractivity contribution in [3.8, 4) is 0 Å². The number of halogens is 12. The van der Waals surface area contributed by atoms with Crippen LogP contribution in [0.15, 0.2) is 153 Å². The zero-order valence-corrected chi connectivity index (χ0v) is 28.7. The van der Waals surface area contributed by atoms with E-state index in [-0.39, 0.29) is 57.7 Å². The molecule has 4 heterocycles. The summed E-state index contributed by atoms with van der Waals surface area (Å²) in [4.78, 5) is 22.7. The van der Waals surface area contributed by atoms with Gasteiger partial charge in [-0.2, -0.15) is 52.7 Å². The van der Waals surface area contributed by atoms with Crippen molar-refractivity contribution in [1.29, 1.82) is 0 Å². The predicted octanol–water partition coefficient (Wildman–Crippen LogP) is 10.8. The van der Waals surface area contributed by atoms with Crippen molar-refractivity contribution in [3.63, 3.8) is 0 Å². The molecule has 4 aromatic carbocycles. The Morgan fingerprint density at radius 1 is 0.310 bits per heavy atom. The Morgan fingerprint density at radius 2 is 0.517 bits per heavy atom. The van der Waals surface area contributed by atoms with Gasteiger partial charge in [-0.15, -0.1) is 0 Å². The Labute approximate surface area is 318 Å². The summed E-state index contributed by atoms with van der Waals surface area (Å²) in [7, 11) is 0. The maximum Gasteiger partial charge on any atom is 0.416 e. The van der Waals surface area contributed by atoms with Gasteiger partial charge >= 0.3 is 24.7 Å². The van der Waals surface area contributed by atoms with Gasteiger partial charge in [-0.25, -0.2) is 20.0 Å². The minimum absolute atomic E-state index is 0.0687. The molecule has 0 bridgehead atoms. The lowest BCUT2D eigenvalue weighted by molar-refractivity contribution is -0.138. The lowest BCUT2D eigenvalue weighted by Gasteiger charge is -2.32. The van der Waals surface area contributed by atoms with E-state index in [2.05, 4.69) is 20.0 Å². The largest absolute Gasteiger partial charge is 0.416 e. The summed E-state index contributed by atoms with van der Waals surface area (Å²) < 4.78 is 165. The minimum atomic E-state index is -4.75. The van der Waals surface area contributed by atoms with Crippen LogP contribution in [0.2, 0.25) is 0 Å². The molecule has 0 radical (unpaired) electrons. The molecule has 0 atom stereocenters. The van der Waals surface area contributed by atoms with E-state index in [1.54, 1.807) is 0 Å². The highest BCUT2D eigenvalue weighted by molar-refractivity contribution is 6.54. The summed E-state index contributed by atoms with van der Waals surface area (Å²) >= 11 is 0. The van der Waals surface area contributed by atoms with Crippen LogP contribution in [-0.4, -0.2) is 23.3 Å². The summed E-state index contributed by atoms with van der Waals surface area (Å²) in [5, 5.41) is 0. The average molecular weight is 817 g/mol. The fourth-order valence-electron chi connectivity index (χ4n) is 6.21. The molecule has 0 spiro atoms. The monoisotopic (exact) mass is 816 g/mol. The Bertz CT molecular complexity index is 2210. The van der Waals surface area contributed by atoms with Gasteiger partial charge in [0.2, 0.25) is 11.6 Å². The first-order chi connectivity index (χ1) is 27.3. The molecule has 8 nitrogen and oxygen atoms in total. The second-order valence-electron chi connectivity index (χ2n) is 12.7. The minimum Gasteiger partial charge on any atom is -0.297 e. The summed E-state index contributed by atoms with van der Waals surface area (Å²) in [6, 6.07) is 16.4. The lowest BCUT2D eigenvalue weighted by Crippen LogP contribution is -2.44. The molecule has 0 N–H and O–H groups in total. The third-order valence-corrected chi connectivity index (χ3v) is 8.90. The zero-order chi connectivity index (χ0) is 41.4. The topological polar surface area (TPSA) is 62.4 Å². The van der Waals surface area contributed by atoms with E-state index in [4.69, 9.17) is 0 Å². The van der Waals surface area contributed by atoms with Crippen LogP contribution in [0.1, 0.15) is 22.3 Å². The molecule has 0 aliphatic carbocycles. The molecule has 0 aromatic heterocycles. The first-order valence-electron chi connectivity index (χ1n) is 16.6. The van der Waals surface area contributed by atoms with Gasteiger partial charge in [0.1, 0.15) is 0 Å². The number of amidine groups is 4. The maximum absolute atomic E-state index is 13.8. The predicted molar refractivity (Wildman–Crippen MR) is 191 cm³/mol. The second kappa shape index (κ2) is 13.4. The Morgan fingerprint density at radius 3 is 0.707 bits per heavy atom. The standard InChI is InChI=1S/C38H20F12N8/c39-35(40,41)21-5-1-9-25(17-21)55-13-14-56(26-10-2-6-22(18-26)36(42,43)44)32-31(55)51-29(52-32)30-53-33-34(54-30)58(28-12-4-8-24(20-28)38(48,49)50)16-15-57(33)27-11-3-7-23(19-27)37(45,46)47/h1-20H. The lowest BCUT2D eigenvalue weighted by atomic mass is 10.1. The van der Waals surface area contributed by atoms with E-state index in [1.807, 2.05) is 0 Å².